The monoisotopic (exact) mass is 425 g/mol. The van der Waals surface area contributed by atoms with Gasteiger partial charge < -0.3 is 15.6 Å². The smallest absolute Gasteiger partial charge is 0.305 e. The zero-order valence-corrected chi connectivity index (χ0v) is 20.1. The average Bonchev–Trinajstić information content (AvgIpc) is 2.74. The lowest BCUT2D eigenvalue weighted by Gasteiger charge is -2.15. The van der Waals surface area contributed by atoms with Crippen LogP contribution in [-0.4, -0.2) is 29.8 Å². The Morgan fingerprint density at radius 1 is 0.800 bits per heavy atom. The van der Waals surface area contributed by atoms with Crippen LogP contribution in [-0.2, 0) is 9.53 Å². The summed E-state index contributed by atoms with van der Waals surface area (Å²) < 4.78 is 5.19. The first-order valence-corrected chi connectivity index (χ1v) is 12.9. The molecule has 0 bridgehead atoms. The predicted molar refractivity (Wildman–Crippen MR) is 129 cm³/mol. The highest BCUT2D eigenvalue weighted by Gasteiger charge is 2.14. The van der Waals surface area contributed by atoms with Crippen molar-refractivity contribution < 1.29 is 14.6 Å². The van der Waals surface area contributed by atoms with Crippen LogP contribution < -0.4 is 5.73 Å². The van der Waals surface area contributed by atoms with Crippen molar-refractivity contribution in [2.75, 3.05) is 6.61 Å². The molecular weight excluding hydrogens is 374 g/mol. The van der Waals surface area contributed by atoms with E-state index in [-0.39, 0.29) is 12.6 Å². The maximum Gasteiger partial charge on any atom is 0.305 e. The number of esters is 1. The van der Waals surface area contributed by atoms with E-state index in [9.17, 15) is 9.90 Å². The molecule has 0 spiro atoms. The summed E-state index contributed by atoms with van der Waals surface area (Å²) in [7, 11) is 0. The number of ether oxygens (including phenoxy) is 1. The van der Waals surface area contributed by atoms with E-state index in [1.165, 1.54) is 83.5 Å². The minimum atomic E-state index is -0.755. The summed E-state index contributed by atoms with van der Waals surface area (Å²) in [5, 5.41) is 10.1. The molecule has 0 aliphatic carbocycles. The third kappa shape index (κ3) is 20.4. The fourth-order valence-corrected chi connectivity index (χ4v) is 3.54. The maximum atomic E-state index is 11.7. The van der Waals surface area contributed by atoms with E-state index in [2.05, 4.69) is 13.8 Å². The van der Waals surface area contributed by atoms with Crippen molar-refractivity contribution in [3.8, 4) is 0 Å². The second-order valence-corrected chi connectivity index (χ2v) is 8.75. The lowest BCUT2D eigenvalue weighted by atomic mass is 10.0. The molecule has 178 valence electrons. The molecule has 0 saturated carbocycles. The highest BCUT2D eigenvalue weighted by atomic mass is 16.5. The highest BCUT2D eigenvalue weighted by molar-refractivity contribution is 5.69. The standard InChI is InChI=1S/C26H51NO3/c1-3-5-7-9-10-11-12-13-14-15-16-18-19-21-25(28)24(27)23-30-26(29)22-20-17-8-6-4-2/h19,21,24-25,28H,3-18,20,22-23,27H2,1-2H3. The number of allylic oxidation sites excluding steroid dienone is 1. The molecule has 0 heterocycles. The number of aliphatic hydroxyl groups is 1. The van der Waals surface area contributed by atoms with E-state index in [0.29, 0.717) is 6.42 Å². The van der Waals surface area contributed by atoms with Crippen molar-refractivity contribution in [1.82, 2.24) is 0 Å². The number of unbranched alkanes of at least 4 members (excludes halogenated alkanes) is 15. The summed E-state index contributed by atoms with van der Waals surface area (Å²) in [5.41, 5.74) is 5.93. The molecule has 4 heteroatoms. The van der Waals surface area contributed by atoms with E-state index < -0.39 is 12.1 Å². The van der Waals surface area contributed by atoms with Crippen molar-refractivity contribution in [2.45, 2.75) is 142 Å². The van der Waals surface area contributed by atoms with Gasteiger partial charge in [-0.3, -0.25) is 4.79 Å². The van der Waals surface area contributed by atoms with Gasteiger partial charge in [-0.05, 0) is 19.3 Å². The van der Waals surface area contributed by atoms with Crippen LogP contribution in [0.4, 0.5) is 0 Å². The molecule has 0 fully saturated rings. The number of hydrogen-bond acceptors (Lipinski definition) is 4. The summed E-state index contributed by atoms with van der Waals surface area (Å²) in [6.45, 7) is 4.52. The Kier molecular flexibility index (Phi) is 22.1. The Labute approximate surface area is 187 Å². The molecule has 30 heavy (non-hydrogen) atoms. The Bertz CT molecular complexity index is 398. The quantitative estimate of drug-likeness (QED) is 0.113. The summed E-state index contributed by atoms with van der Waals surface area (Å²) in [6, 6.07) is -0.553. The SMILES string of the molecule is CCCCCCCCCCCCCC=CC(O)C(N)COC(=O)CCCCCCC. The van der Waals surface area contributed by atoms with Gasteiger partial charge >= 0.3 is 5.97 Å². The molecular formula is C26H51NO3. The maximum absolute atomic E-state index is 11.7. The van der Waals surface area contributed by atoms with Crippen LogP contribution in [0, 0.1) is 0 Å². The summed E-state index contributed by atoms with van der Waals surface area (Å²) >= 11 is 0. The van der Waals surface area contributed by atoms with Gasteiger partial charge in [0.15, 0.2) is 0 Å². The van der Waals surface area contributed by atoms with Crippen LogP contribution in [0.15, 0.2) is 12.2 Å². The second-order valence-electron chi connectivity index (χ2n) is 8.75. The van der Waals surface area contributed by atoms with Gasteiger partial charge in [-0.25, -0.2) is 0 Å². The molecule has 0 radical (unpaired) electrons. The van der Waals surface area contributed by atoms with Gasteiger partial charge in [0.1, 0.15) is 6.61 Å². The second kappa shape index (κ2) is 22.8. The summed E-state index contributed by atoms with van der Waals surface area (Å²) in [5.74, 6) is -0.209. The molecule has 0 aromatic rings. The molecule has 0 rings (SSSR count). The predicted octanol–water partition coefficient (Wildman–Crippen LogP) is 6.84. The fraction of sp³-hybridized carbons (Fsp3) is 0.885. The van der Waals surface area contributed by atoms with Crippen LogP contribution in [0.3, 0.4) is 0 Å². The number of rotatable bonds is 22. The van der Waals surface area contributed by atoms with E-state index >= 15 is 0 Å². The van der Waals surface area contributed by atoms with Crippen molar-refractivity contribution >= 4 is 5.97 Å². The van der Waals surface area contributed by atoms with Crippen LogP contribution >= 0.6 is 0 Å². The van der Waals surface area contributed by atoms with Crippen LogP contribution in [0.25, 0.3) is 0 Å². The Hall–Kier alpha value is -0.870. The first-order valence-electron chi connectivity index (χ1n) is 12.9. The van der Waals surface area contributed by atoms with Gasteiger partial charge in [0.25, 0.3) is 0 Å². The summed E-state index contributed by atoms with van der Waals surface area (Å²) in [4.78, 5) is 11.7. The molecule has 3 N–H and O–H groups in total. The summed E-state index contributed by atoms with van der Waals surface area (Å²) in [6.07, 6.45) is 24.7. The molecule has 2 unspecified atom stereocenters. The molecule has 0 aliphatic heterocycles. The van der Waals surface area contributed by atoms with Gasteiger partial charge in [-0.1, -0.05) is 116 Å². The number of carbonyl (C=O) groups excluding carboxylic acids is 1. The van der Waals surface area contributed by atoms with Crippen LogP contribution in [0.2, 0.25) is 0 Å². The molecule has 4 nitrogen and oxygen atoms in total. The van der Waals surface area contributed by atoms with E-state index in [4.69, 9.17) is 10.5 Å². The first kappa shape index (κ1) is 29.1. The number of nitrogens with two attached hydrogens (primary N) is 1. The van der Waals surface area contributed by atoms with Gasteiger partial charge in [-0.15, -0.1) is 0 Å². The zero-order valence-electron chi connectivity index (χ0n) is 20.1. The molecule has 0 aliphatic rings. The number of hydrogen-bond donors (Lipinski definition) is 2. The number of aliphatic hydroxyl groups excluding tert-OH is 1. The third-order valence-electron chi connectivity index (χ3n) is 5.67. The molecule has 0 aromatic carbocycles. The minimum Gasteiger partial charge on any atom is -0.464 e. The Morgan fingerprint density at radius 3 is 1.80 bits per heavy atom. The van der Waals surface area contributed by atoms with Crippen molar-refractivity contribution in [1.29, 1.82) is 0 Å². The highest BCUT2D eigenvalue weighted by Crippen LogP contribution is 2.12. The lowest BCUT2D eigenvalue weighted by molar-refractivity contribution is -0.144. The molecule has 0 aromatic heterocycles. The Morgan fingerprint density at radius 2 is 1.27 bits per heavy atom. The molecule has 0 amide bonds. The molecule has 0 saturated heterocycles. The minimum absolute atomic E-state index is 0.0811. The fourth-order valence-electron chi connectivity index (χ4n) is 3.54. The van der Waals surface area contributed by atoms with E-state index in [1.807, 2.05) is 6.08 Å². The van der Waals surface area contributed by atoms with Crippen molar-refractivity contribution in [2.24, 2.45) is 5.73 Å². The van der Waals surface area contributed by atoms with Crippen LogP contribution in [0.1, 0.15) is 129 Å². The van der Waals surface area contributed by atoms with E-state index in [0.717, 1.165) is 25.7 Å². The third-order valence-corrected chi connectivity index (χ3v) is 5.67. The zero-order chi connectivity index (χ0) is 22.3. The largest absolute Gasteiger partial charge is 0.464 e. The first-order chi connectivity index (χ1) is 14.6. The van der Waals surface area contributed by atoms with E-state index in [1.54, 1.807) is 6.08 Å². The Balaban J connectivity index is 3.53. The normalized spacial score (nSPS) is 13.6. The topological polar surface area (TPSA) is 72.6 Å². The van der Waals surface area contributed by atoms with Gasteiger partial charge in [-0.2, -0.15) is 0 Å². The van der Waals surface area contributed by atoms with Crippen LogP contribution in [0.5, 0.6) is 0 Å². The average molecular weight is 426 g/mol. The van der Waals surface area contributed by atoms with Gasteiger partial charge in [0, 0.05) is 6.42 Å². The van der Waals surface area contributed by atoms with Gasteiger partial charge in [0.2, 0.25) is 0 Å². The van der Waals surface area contributed by atoms with Crippen molar-refractivity contribution in [3.63, 3.8) is 0 Å². The molecule has 2 atom stereocenters. The van der Waals surface area contributed by atoms with Crippen molar-refractivity contribution in [3.05, 3.63) is 12.2 Å². The number of carbonyl (C=O) groups is 1. The van der Waals surface area contributed by atoms with Gasteiger partial charge in [0.05, 0.1) is 12.1 Å². The lowest BCUT2D eigenvalue weighted by Crippen LogP contribution is -2.38.